The average Bonchev–Trinajstić information content (AvgIpc) is 1.69. The molecule has 40 valence electrons. The third kappa shape index (κ3) is 5.32. The van der Waals surface area contributed by atoms with Gasteiger partial charge in [-0.15, -0.1) is 0 Å². The van der Waals surface area contributed by atoms with Gasteiger partial charge in [-0.05, 0) is 13.0 Å². The van der Waals surface area contributed by atoms with Crippen LogP contribution in [0.15, 0.2) is 0 Å². The molecular weight excluding hydrogens is 88.1 g/mol. The fourth-order valence-electron chi connectivity index (χ4n) is 0.263. The first-order chi connectivity index (χ1) is 3.41. The van der Waals surface area contributed by atoms with Crippen molar-refractivity contribution in [1.82, 2.24) is 0 Å². The molecule has 0 atom stereocenters. The molecule has 0 saturated carbocycles. The van der Waals surface area contributed by atoms with Gasteiger partial charge in [-0.1, -0.05) is 5.92 Å². The van der Waals surface area contributed by atoms with Crippen molar-refractivity contribution in [3.63, 3.8) is 0 Å². The minimum absolute atomic E-state index is 0.703. The molecule has 0 aliphatic rings. The molecule has 0 radical (unpaired) electrons. The second-order valence-corrected chi connectivity index (χ2v) is 1.21. The lowest BCUT2D eigenvalue weighted by Crippen LogP contribution is -1.96. The fraction of sp³-hybridized carbons (Fsp3) is 0.600. The monoisotopic (exact) mass is 98.1 g/mol. The van der Waals surface area contributed by atoms with E-state index in [1.54, 1.807) is 0 Å². The lowest BCUT2D eigenvalue weighted by Gasteiger charge is -1.81. The Kier molecular flexibility index (Phi) is 4.80. The van der Waals surface area contributed by atoms with Crippen molar-refractivity contribution in [3.8, 4) is 12.0 Å². The highest BCUT2D eigenvalue weighted by Gasteiger charge is 1.72. The highest BCUT2D eigenvalue weighted by Crippen LogP contribution is 1.78. The largest absolute Gasteiger partial charge is 0.359 e. The van der Waals surface area contributed by atoms with Crippen molar-refractivity contribution in [1.29, 1.82) is 0 Å². The van der Waals surface area contributed by atoms with Crippen molar-refractivity contribution in [2.75, 3.05) is 6.54 Å². The summed E-state index contributed by atoms with van der Waals surface area (Å²) < 4.78 is 0. The summed E-state index contributed by atoms with van der Waals surface area (Å²) in [7, 11) is 0. The van der Waals surface area contributed by atoms with Crippen LogP contribution in [-0.2, 0) is 0 Å². The zero-order chi connectivity index (χ0) is 5.54. The maximum atomic E-state index is 5.16. The predicted molar refractivity (Wildman–Crippen MR) is 30.3 cm³/mol. The number of hydrogen-bond acceptors (Lipinski definition) is 2. The molecule has 2 nitrogen and oxygen atoms in total. The third-order valence-corrected chi connectivity index (χ3v) is 0.608. The van der Waals surface area contributed by atoms with Gasteiger partial charge in [-0.2, -0.15) is 0 Å². The van der Waals surface area contributed by atoms with E-state index in [0.717, 1.165) is 12.8 Å². The van der Waals surface area contributed by atoms with E-state index in [9.17, 15) is 0 Å². The molecule has 4 N–H and O–H groups in total. The summed E-state index contributed by atoms with van der Waals surface area (Å²) in [5, 5.41) is 0. The SMILES string of the molecule is NC#CCCCN. The van der Waals surface area contributed by atoms with Crippen molar-refractivity contribution in [3.05, 3.63) is 0 Å². The lowest BCUT2D eigenvalue weighted by atomic mass is 10.3. The highest BCUT2D eigenvalue weighted by molar-refractivity contribution is 4.93. The first-order valence-electron chi connectivity index (χ1n) is 2.30. The summed E-state index contributed by atoms with van der Waals surface area (Å²) in [6, 6.07) is 2.30. The molecule has 2 heteroatoms. The minimum Gasteiger partial charge on any atom is -0.359 e. The normalized spacial score (nSPS) is 7.00. The number of unbranched alkanes of at least 4 members (excludes halogenated alkanes) is 1. The Morgan fingerprint density at radius 2 is 2.14 bits per heavy atom. The van der Waals surface area contributed by atoms with Crippen molar-refractivity contribution < 1.29 is 0 Å². The first kappa shape index (κ1) is 6.32. The van der Waals surface area contributed by atoms with Crippen LogP contribution in [0.4, 0.5) is 0 Å². The highest BCUT2D eigenvalue weighted by atomic mass is 14.5. The van der Waals surface area contributed by atoms with Crippen LogP contribution in [0.2, 0.25) is 0 Å². The minimum atomic E-state index is 0.703. The van der Waals surface area contributed by atoms with Crippen molar-refractivity contribution in [2.24, 2.45) is 11.5 Å². The summed E-state index contributed by atoms with van der Waals surface area (Å²) in [6.07, 6.45) is 1.78. The van der Waals surface area contributed by atoms with Gasteiger partial charge >= 0.3 is 0 Å². The van der Waals surface area contributed by atoms with E-state index >= 15 is 0 Å². The van der Waals surface area contributed by atoms with Gasteiger partial charge in [0.1, 0.15) is 0 Å². The molecule has 0 unspecified atom stereocenters. The smallest absolute Gasteiger partial charge is 0.0119 e. The summed E-state index contributed by atoms with van der Waals surface area (Å²) in [5.74, 6) is 2.70. The summed E-state index contributed by atoms with van der Waals surface area (Å²) in [4.78, 5) is 0. The zero-order valence-electron chi connectivity index (χ0n) is 4.28. The van der Waals surface area contributed by atoms with Crippen LogP contribution in [-0.4, -0.2) is 6.54 Å². The van der Waals surface area contributed by atoms with Crippen LogP contribution < -0.4 is 11.5 Å². The van der Waals surface area contributed by atoms with Crippen LogP contribution in [0.5, 0.6) is 0 Å². The van der Waals surface area contributed by atoms with E-state index < -0.39 is 0 Å². The molecule has 0 saturated heterocycles. The van der Waals surface area contributed by atoms with E-state index in [-0.39, 0.29) is 0 Å². The molecule has 0 aromatic rings. The first-order valence-corrected chi connectivity index (χ1v) is 2.30. The van der Waals surface area contributed by atoms with Crippen LogP contribution in [0.1, 0.15) is 12.8 Å². The van der Waals surface area contributed by atoms with Gasteiger partial charge in [0.2, 0.25) is 0 Å². The average molecular weight is 98.1 g/mol. The molecule has 0 aromatic carbocycles. The molecule has 0 heterocycles. The molecular formula is C5H10N2. The standard InChI is InChI=1S/C5H10N2/c6-4-2-1-3-5-7/h1-2,4,6-7H2. The van der Waals surface area contributed by atoms with Gasteiger partial charge in [0.15, 0.2) is 0 Å². The summed E-state index contributed by atoms with van der Waals surface area (Å²) in [5.41, 5.74) is 10.0. The van der Waals surface area contributed by atoms with E-state index in [1.165, 1.54) is 0 Å². The molecule has 0 aliphatic heterocycles. The second-order valence-electron chi connectivity index (χ2n) is 1.21. The van der Waals surface area contributed by atoms with Gasteiger partial charge < -0.3 is 11.5 Å². The van der Waals surface area contributed by atoms with E-state index in [1.807, 2.05) is 0 Å². The van der Waals surface area contributed by atoms with Crippen molar-refractivity contribution >= 4 is 0 Å². The van der Waals surface area contributed by atoms with Crippen molar-refractivity contribution in [2.45, 2.75) is 12.8 Å². The van der Waals surface area contributed by atoms with E-state index in [4.69, 9.17) is 11.5 Å². The Morgan fingerprint density at radius 1 is 1.43 bits per heavy atom. The Bertz CT molecular complexity index is 77.8. The third-order valence-electron chi connectivity index (χ3n) is 0.608. The van der Waals surface area contributed by atoms with Crippen LogP contribution in [0.25, 0.3) is 0 Å². The van der Waals surface area contributed by atoms with Gasteiger partial charge in [-0.3, -0.25) is 0 Å². The topological polar surface area (TPSA) is 52.0 Å². The van der Waals surface area contributed by atoms with E-state index in [0.29, 0.717) is 6.54 Å². The van der Waals surface area contributed by atoms with Gasteiger partial charge in [0.05, 0.1) is 0 Å². The van der Waals surface area contributed by atoms with Crippen LogP contribution in [0.3, 0.4) is 0 Å². The number of rotatable bonds is 2. The molecule has 0 aromatic heterocycles. The summed E-state index contributed by atoms with van der Waals surface area (Å²) >= 11 is 0. The fourth-order valence-corrected chi connectivity index (χ4v) is 0.263. The van der Waals surface area contributed by atoms with Crippen LogP contribution in [0, 0.1) is 12.0 Å². The summed E-state index contributed by atoms with van der Waals surface area (Å²) in [6.45, 7) is 0.703. The lowest BCUT2D eigenvalue weighted by molar-refractivity contribution is 0.869. The Morgan fingerprint density at radius 3 is 2.57 bits per heavy atom. The molecule has 0 rings (SSSR count). The zero-order valence-corrected chi connectivity index (χ0v) is 4.28. The quantitative estimate of drug-likeness (QED) is 0.281. The number of hydrogen-bond donors (Lipinski definition) is 2. The van der Waals surface area contributed by atoms with E-state index in [2.05, 4.69) is 12.0 Å². The van der Waals surface area contributed by atoms with Gasteiger partial charge in [0.25, 0.3) is 0 Å². The Hall–Kier alpha value is -0.680. The Labute approximate surface area is 43.9 Å². The maximum Gasteiger partial charge on any atom is 0.0119 e. The second kappa shape index (κ2) is 5.32. The molecule has 0 fully saturated rings. The molecule has 7 heavy (non-hydrogen) atoms. The van der Waals surface area contributed by atoms with Crippen LogP contribution >= 0.6 is 0 Å². The molecule has 0 aliphatic carbocycles. The Balaban J connectivity index is 2.78. The maximum absolute atomic E-state index is 5.16. The predicted octanol–water partition coefficient (Wildman–Crippen LogP) is -0.355. The van der Waals surface area contributed by atoms with Gasteiger partial charge in [-0.25, -0.2) is 0 Å². The molecule has 0 bridgehead atoms. The molecule has 0 amide bonds. The molecule has 0 spiro atoms. The number of nitrogens with two attached hydrogens (primary N) is 2. The van der Waals surface area contributed by atoms with Gasteiger partial charge in [0, 0.05) is 12.5 Å².